The Bertz CT molecular complexity index is 856. The molecular formula is C22H33N3O5S. The highest BCUT2D eigenvalue weighted by molar-refractivity contribution is 7.89. The van der Waals surface area contributed by atoms with Crippen molar-refractivity contribution in [1.29, 1.82) is 0 Å². The maximum atomic E-state index is 12.9. The lowest BCUT2D eigenvalue weighted by Gasteiger charge is -2.31. The van der Waals surface area contributed by atoms with Gasteiger partial charge in [0.2, 0.25) is 21.8 Å². The third-order valence-corrected chi connectivity index (χ3v) is 8.08. The zero-order valence-corrected chi connectivity index (χ0v) is 19.2. The summed E-state index contributed by atoms with van der Waals surface area (Å²) in [5, 5.41) is 2.85. The predicted octanol–water partition coefficient (Wildman–Crippen LogP) is 2.00. The van der Waals surface area contributed by atoms with Crippen LogP contribution in [0.3, 0.4) is 0 Å². The zero-order chi connectivity index (χ0) is 22.4. The number of sulfonamides is 1. The summed E-state index contributed by atoms with van der Waals surface area (Å²) in [5.41, 5.74) is 0. The Kier molecular flexibility index (Phi) is 7.94. The van der Waals surface area contributed by atoms with Crippen LogP contribution in [0, 0.1) is 5.92 Å². The van der Waals surface area contributed by atoms with E-state index in [0.29, 0.717) is 18.6 Å². The first-order valence-corrected chi connectivity index (χ1v) is 12.5. The van der Waals surface area contributed by atoms with Crippen LogP contribution in [-0.4, -0.2) is 68.8 Å². The van der Waals surface area contributed by atoms with Crippen LogP contribution in [0.5, 0.6) is 5.75 Å². The summed E-state index contributed by atoms with van der Waals surface area (Å²) in [4.78, 5) is 27.4. The van der Waals surface area contributed by atoms with Crippen molar-refractivity contribution in [2.75, 3.05) is 33.3 Å². The summed E-state index contributed by atoms with van der Waals surface area (Å²) < 4.78 is 32.2. The van der Waals surface area contributed by atoms with Gasteiger partial charge in [0.05, 0.1) is 12.0 Å². The molecule has 2 heterocycles. The van der Waals surface area contributed by atoms with E-state index in [4.69, 9.17) is 4.74 Å². The summed E-state index contributed by atoms with van der Waals surface area (Å²) in [6.07, 6.45) is 5.17. The number of nitrogens with zero attached hydrogens (tertiary/aromatic N) is 2. The molecule has 2 fully saturated rings. The first-order valence-electron chi connectivity index (χ1n) is 11.1. The van der Waals surface area contributed by atoms with E-state index in [1.165, 1.54) is 23.5 Å². The number of likely N-dealkylation sites (tertiary alicyclic amines) is 1. The van der Waals surface area contributed by atoms with Crippen molar-refractivity contribution in [2.45, 2.75) is 56.4 Å². The van der Waals surface area contributed by atoms with Gasteiger partial charge in [0.1, 0.15) is 11.8 Å². The number of ether oxygens (including phenoxy) is 1. The molecule has 8 nitrogen and oxygen atoms in total. The number of carbonyl (C=O) groups excluding carboxylic acids is 2. The number of hydrogen-bond donors (Lipinski definition) is 1. The van der Waals surface area contributed by atoms with Crippen LogP contribution in [0.15, 0.2) is 29.2 Å². The Morgan fingerprint density at radius 1 is 1.00 bits per heavy atom. The molecule has 0 aromatic heterocycles. The molecule has 0 spiro atoms. The van der Waals surface area contributed by atoms with Gasteiger partial charge in [0.25, 0.3) is 0 Å². The van der Waals surface area contributed by atoms with E-state index in [0.717, 1.165) is 38.8 Å². The topological polar surface area (TPSA) is 96.0 Å². The highest BCUT2D eigenvalue weighted by atomic mass is 32.2. The second-order valence-corrected chi connectivity index (χ2v) is 10.3. The van der Waals surface area contributed by atoms with Gasteiger partial charge in [-0.3, -0.25) is 9.59 Å². The molecule has 2 aliphatic heterocycles. The molecule has 1 aromatic rings. The molecule has 0 aliphatic carbocycles. The van der Waals surface area contributed by atoms with E-state index in [-0.39, 0.29) is 35.7 Å². The normalized spacial score (nSPS) is 20.0. The monoisotopic (exact) mass is 451 g/mol. The van der Waals surface area contributed by atoms with Crippen LogP contribution < -0.4 is 10.1 Å². The molecule has 2 amide bonds. The summed E-state index contributed by atoms with van der Waals surface area (Å²) in [6.45, 7) is 3.79. The molecule has 31 heavy (non-hydrogen) atoms. The van der Waals surface area contributed by atoms with Gasteiger partial charge in [-0.15, -0.1) is 0 Å². The summed E-state index contributed by atoms with van der Waals surface area (Å²) in [6, 6.07) is 5.74. The van der Waals surface area contributed by atoms with E-state index in [1.807, 2.05) is 4.90 Å². The minimum Gasteiger partial charge on any atom is -0.497 e. The van der Waals surface area contributed by atoms with Crippen LogP contribution >= 0.6 is 0 Å². The van der Waals surface area contributed by atoms with Crippen molar-refractivity contribution in [1.82, 2.24) is 14.5 Å². The molecule has 1 atom stereocenters. The van der Waals surface area contributed by atoms with Crippen molar-refractivity contribution in [3.8, 4) is 5.75 Å². The van der Waals surface area contributed by atoms with Crippen LogP contribution in [0.2, 0.25) is 0 Å². The summed E-state index contributed by atoms with van der Waals surface area (Å²) in [5.74, 6) is 0.104. The second-order valence-electron chi connectivity index (χ2n) is 8.32. The Morgan fingerprint density at radius 3 is 2.13 bits per heavy atom. The quantitative estimate of drug-likeness (QED) is 0.714. The number of rotatable bonds is 6. The van der Waals surface area contributed by atoms with Crippen molar-refractivity contribution in [3.63, 3.8) is 0 Å². The van der Waals surface area contributed by atoms with E-state index in [1.54, 1.807) is 19.1 Å². The van der Waals surface area contributed by atoms with Gasteiger partial charge < -0.3 is 15.0 Å². The number of benzene rings is 1. The molecule has 9 heteroatoms. The summed E-state index contributed by atoms with van der Waals surface area (Å²) >= 11 is 0. The SMILES string of the molecule is COc1ccc(S(=O)(=O)N2CCC(C(=O)N[C@H](C)C(=O)N3CCCCCC3)CC2)cc1. The fourth-order valence-corrected chi connectivity index (χ4v) is 5.68. The second kappa shape index (κ2) is 10.5. The van der Waals surface area contributed by atoms with E-state index in [2.05, 4.69) is 5.32 Å². The Hall–Kier alpha value is -2.13. The molecule has 0 saturated carbocycles. The van der Waals surface area contributed by atoms with Crippen molar-refractivity contribution in [2.24, 2.45) is 5.92 Å². The lowest BCUT2D eigenvalue weighted by molar-refractivity contribution is -0.137. The molecule has 3 rings (SSSR count). The molecule has 172 valence electrons. The van der Waals surface area contributed by atoms with Crippen LogP contribution in [0.25, 0.3) is 0 Å². The molecule has 0 unspecified atom stereocenters. The molecule has 0 radical (unpaired) electrons. The highest BCUT2D eigenvalue weighted by Crippen LogP contribution is 2.25. The summed E-state index contributed by atoms with van der Waals surface area (Å²) in [7, 11) is -2.08. The maximum Gasteiger partial charge on any atom is 0.244 e. The molecule has 0 bridgehead atoms. The number of hydrogen-bond acceptors (Lipinski definition) is 5. The van der Waals surface area contributed by atoms with Gasteiger partial charge in [0, 0.05) is 32.1 Å². The number of methoxy groups -OCH3 is 1. The van der Waals surface area contributed by atoms with E-state index < -0.39 is 16.1 Å². The molecule has 1 N–H and O–H groups in total. The van der Waals surface area contributed by atoms with Gasteiger partial charge >= 0.3 is 0 Å². The van der Waals surface area contributed by atoms with Crippen LogP contribution in [0.4, 0.5) is 0 Å². The minimum atomic E-state index is -3.61. The van der Waals surface area contributed by atoms with Crippen molar-refractivity contribution in [3.05, 3.63) is 24.3 Å². The third kappa shape index (κ3) is 5.77. The van der Waals surface area contributed by atoms with Gasteiger partial charge in [0.15, 0.2) is 0 Å². The fraction of sp³-hybridized carbons (Fsp3) is 0.636. The first-order chi connectivity index (χ1) is 14.8. The van der Waals surface area contributed by atoms with Gasteiger partial charge in [-0.05, 0) is 56.9 Å². The van der Waals surface area contributed by atoms with Gasteiger partial charge in [-0.2, -0.15) is 4.31 Å². The zero-order valence-electron chi connectivity index (χ0n) is 18.4. The lowest BCUT2D eigenvalue weighted by Crippen LogP contribution is -2.50. The Morgan fingerprint density at radius 2 is 1.58 bits per heavy atom. The Balaban J connectivity index is 1.52. The number of carbonyl (C=O) groups is 2. The molecular weight excluding hydrogens is 418 g/mol. The molecule has 2 aliphatic rings. The first kappa shape index (κ1) is 23.5. The average molecular weight is 452 g/mol. The van der Waals surface area contributed by atoms with Gasteiger partial charge in [-0.1, -0.05) is 12.8 Å². The van der Waals surface area contributed by atoms with E-state index >= 15 is 0 Å². The molecule has 1 aromatic carbocycles. The van der Waals surface area contributed by atoms with Crippen LogP contribution in [0.1, 0.15) is 45.4 Å². The standard InChI is InChI=1S/C22H33N3O5S/c1-17(22(27)24-13-5-3-4-6-14-24)23-21(26)18-11-15-25(16-12-18)31(28,29)20-9-7-19(30-2)8-10-20/h7-10,17-18H,3-6,11-16H2,1-2H3,(H,23,26)/t17-/m1/s1. The highest BCUT2D eigenvalue weighted by Gasteiger charge is 2.33. The molecule has 2 saturated heterocycles. The maximum absolute atomic E-state index is 12.9. The third-order valence-electron chi connectivity index (χ3n) is 6.17. The minimum absolute atomic E-state index is 0.0326. The lowest BCUT2D eigenvalue weighted by atomic mass is 9.97. The van der Waals surface area contributed by atoms with Crippen LogP contribution in [-0.2, 0) is 19.6 Å². The Labute approximate surface area is 185 Å². The number of amides is 2. The van der Waals surface area contributed by atoms with E-state index in [9.17, 15) is 18.0 Å². The number of piperidine rings is 1. The average Bonchev–Trinajstić information content (AvgIpc) is 3.08. The van der Waals surface area contributed by atoms with Crippen molar-refractivity contribution < 1.29 is 22.7 Å². The van der Waals surface area contributed by atoms with Gasteiger partial charge in [-0.25, -0.2) is 8.42 Å². The van der Waals surface area contributed by atoms with Crippen molar-refractivity contribution >= 4 is 21.8 Å². The number of nitrogens with one attached hydrogen (secondary N) is 1. The predicted molar refractivity (Wildman–Crippen MR) is 117 cm³/mol. The fourth-order valence-electron chi connectivity index (χ4n) is 4.21. The smallest absolute Gasteiger partial charge is 0.244 e. The largest absolute Gasteiger partial charge is 0.497 e.